The molecule has 0 aliphatic heterocycles. The summed E-state index contributed by atoms with van der Waals surface area (Å²) in [6, 6.07) is 70.1. The third-order valence-electron chi connectivity index (χ3n) is 13.1. The minimum atomic E-state index is 0.883. The molecule has 296 valence electrons. The Labute approximate surface area is 364 Å². The smallest absolute Gasteiger partial charge is 0.143 e. The number of aromatic nitrogens is 1. The highest BCUT2D eigenvalue weighted by molar-refractivity contribution is 6.22. The lowest BCUT2D eigenvalue weighted by Crippen LogP contribution is -1.99. The third kappa shape index (κ3) is 5.67. The summed E-state index contributed by atoms with van der Waals surface area (Å²) in [5, 5.41) is 6.81. The van der Waals surface area contributed by atoms with Gasteiger partial charge in [-0.1, -0.05) is 164 Å². The predicted molar refractivity (Wildman–Crippen MR) is 263 cm³/mol. The van der Waals surface area contributed by atoms with Crippen LogP contribution in [0.5, 0.6) is 0 Å². The lowest BCUT2D eigenvalue weighted by atomic mass is 9.90. The molecule has 3 heterocycles. The van der Waals surface area contributed by atoms with Gasteiger partial charge in [0.25, 0.3) is 0 Å². The maximum Gasteiger partial charge on any atom is 0.143 e. The summed E-state index contributed by atoms with van der Waals surface area (Å²) in [5.74, 6) is 0. The van der Waals surface area contributed by atoms with E-state index in [0.717, 1.165) is 107 Å². The summed E-state index contributed by atoms with van der Waals surface area (Å²) in [6.07, 6.45) is 8.75. The van der Waals surface area contributed by atoms with E-state index >= 15 is 0 Å². The molecule has 3 heteroatoms. The molecule has 3 nitrogen and oxygen atoms in total. The van der Waals surface area contributed by atoms with Crippen LogP contribution in [0.3, 0.4) is 0 Å². The minimum absolute atomic E-state index is 0.883. The highest BCUT2D eigenvalue weighted by atomic mass is 16.3. The molecule has 0 atom stereocenters. The maximum absolute atomic E-state index is 6.86. The molecule has 0 amide bonds. The summed E-state index contributed by atoms with van der Waals surface area (Å²) in [7, 11) is 0. The molecule has 13 rings (SSSR count). The van der Waals surface area contributed by atoms with Gasteiger partial charge in [-0.3, -0.25) is 0 Å². The van der Waals surface area contributed by atoms with Crippen LogP contribution in [0, 0.1) is 0 Å². The Morgan fingerprint density at radius 1 is 0.365 bits per heavy atom. The molecule has 0 saturated heterocycles. The van der Waals surface area contributed by atoms with Gasteiger partial charge in [0.2, 0.25) is 0 Å². The number of furan rings is 2. The predicted octanol–water partition coefficient (Wildman–Crippen LogP) is 17.0. The first-order valence-corrected chi connectivity index (χ1v) is 21.8. The zero-order valence-corrected chi connectivity index (χ0v) is 34.4. The van der Waals surface area contributed by atoms with Crippen molar-refractivity contribution in [1.82, 2.24) is 4.57 Å². The first-order chi connectivity index (χ1) is 31.2. The largest absolute Gasteiger partial charge is 0.455 e. The monoisotopic (exact) mass is 805 g/mol. The van der Waals surface area contributed by atoms with Crippen molar-refractivity contribution in [3.8, 4) is 50.2 Å². The van der Waals surface area contributed by atoms with E-state index in [2.05, 4.69) is 217 Å². The normalized spacial score (nSPS) is 13.0. The van der Waals surface area contributed by atoms with Crippen LogP contribution in [0.25, 0.3) is 121 Å². The molecule has 9 aromatic carbocycles. The molecular weight excluding hydrogens is 767 g/mol. The van der Waals surface area contributed by atoms with Crippen molar-refractivity contribution < 1.29 is 8.83 Å². The van der Waals surface area contributed by atoms with Gasteiger partial charge in [0.05, 0.1) is 11.0 Å². The van der Waals surface area contributed by atoms with Gasteiger partial charge in [0.1, 0.15) is 22.3 Å². The molecule has 0 N–H and O–H groups in total. The second-order valence-corrected chi connectivity index (χ2v) is 16.7. The van der Waals surface area contributed by atoms with Crippen molar-refractivity contribution in [1.29, 1.82) is 0 Å². The van der Waals surface area contributed by atoms with Gasteiger partial charge in [0.15, 0.2) is 0 Å². The number of nitrogens with zero attached hydrogens (tertiary/aromatic N) is 1. The Bertz CT molecular complexity index is 3820. The van der Waals surface area contributed by atoms with Gasteiger partial charge < -0.3 is 13.4 Å². The molecule has 0 radical (unpaired) electrons. The minimum Gasteiger partial charge on any atom is -0.455 e. The van der Waals surface area contributed by atoms with E-state index in [4.69, 9.17) is 8.83 Å². The summed E-state index contributed by atoms with van der Waals surface area (Å²) in [5.41, 5.74) is 18.4. The molecule has 0 saturated carbocycles. The Balaban J connectivity index is 1.22. The molecule has 63 heavy (non-hydrogen) atoms. The summed E-state index contributed by atoms with van der Waals surface area (Å²) in [4.78, 5) is 0. The Morgan fingerprint density at radius 3 is 1.43 bits per heavy atom. The highest BCUT2D eigenvalue weighted by Gasteiger charge is 2.26. The van der Waals surface area contributed by atoms with E-state index in [-0.39, 0.29) is 0 Å². The van der Waals surface area contributed by atoms with Crippen molar-refractivity contribution in [3.05, 3.63) is 218 Å². The molecular formula is C60H39NO2. The van der Waals surface area contributed by atoms with E-state index in [1.807, 2.05) is 0 Å². The van der Waals surface area contributed by atoms with Crippen LogP contribution in [0.15, 0.2) is 221 Å². The van der Waals surface area contributed by atoms with E-state index in [1.54, 1.807) is 0 Å². The van der Waals surface area contributed by atoms with Gasteiger partial charge in [-0.05, 0) is 94.8 Å². The van der Waals surface area contributed by atoms with Crippen molar-refractivity contribution in [2.24, 2.45) is 0 Å². The molecule has 12 aromatic rings. The lowest BCUT2D eigenvalue weighted by Gasteiger charge is -2.17. The number of rotatable bonds is 6. The van der Waals surface area contributed by atoms with Crippen molar-refractivity contribution in [3.63, 3.8) is 0 Å². The van der Waals surface area contributed by atoms with Crippen LogP contribution in [0.4, 0.5) is 0 Å². The Kier molecular flexibility index (Phi) is 8.04. The number of benzene rings is 9. The first kappa shape index (κ1) is 35.6. The molecule has 0 bridgehead atoms. The number of fused-ring (bicyclic) bond motifs is 9. The topological polar surface area (TPSA) is 31.2 Å². The zero-order chi connectivity index (χ0) is 41.4. The van der Waals surface area contributed by atoms with Crippen LogP contribution >= 0.6 is 0 Å². The van der Waals surface area contributed by atoms with E-state index in [0.29, 0.717) is 0 Å². The lowest BCUT2D eigenvalue weighted by molar-refractivity contribution is 0.669. The van der Waals surface area contributed by atoms with Crippen molar-refractivity contribution in [2.45, 2.75) is 12.8 Å². The quantitative estimate of drug-likeness (QED) is 0.168. The Morgan fingerprint density at radius 2 is 0.857 bits per heavy atom. The van der Waals surface area contributed by atoms with Gasteiger partial charge in [-0.2, -0.15) is 0 Å². The van der Waals surface area contributed by atoms with Crippen LogP contribution in [-0.4, -0.2) is 4.57 Å². The fourth-order valence-corrected chi connectivity index (χ4v) is 10.1. The average Bonchev–Trinajstić information content (AvgIpc) is 4.04. The van der Waals surface area contributed by atoms with Crippen molar-refractivity contribution >= 4 is 71.3 Å². The second-order valence-electron chi connectivity index (χ2n) is 16.7. The molecule has 0 unspecified atom stereocenters. The zero-order valence-electron chi connectivity index (χ0n) is 34.4. The molecule has 1 aliphatic rings. The Hall–Kier alpha value is -8.14. The average molecular weight is 806 g/mol. The van der Waals surface area contributed by atoms with E-state index in [9.17, 15) is 0 Å². The van der Waals surface area contributed by atoms with E-state index in [1.165, 1.54) is 33.0 Å². The summed E-state index contributed by atoms with van der Waals surface area (Å²) >= 11 is 0. The van der Waals surface area contributed by atoms with Gasteiger partial charge in [-0.25, -0.2) is 0 Å². The van der Waals surface area contributed by atoms with Gasteiger partial charge in [-0.15, -0.1) is 0 Å². The molecule has 0 fully saturated rings. The fraction of sp³-hybridized carbons (Fsp3) is 0.0333. The number of para-hydroxylation sites is 4. The fourth-order valence-electron chi connectivity index (χ4n) is 10.1. The summed E-state index contributed by atoms with van der Waals surface area (Å²) in [6.45, 7) is 0. The third-order valence-corrected chi connectivity index (χ3v) is 13.1. The molecule has 0 spiro atoms. The molecule has 1 aliphatic carbocycles. The first-order valence-electron chi connectivity index (χ1n) is 21.8. The van der Waals surface area contributed by atoms with Crippen molar-refractivity contribution in [2.75, 3.05) is 0 Å². The van der Waals surface area contributed by atoms with Crippen LogP contribution in [0.1, 0.15) is 18.4 Å². The summed E-state index contributed by atoms with van der Waals surface area (Å²) < 4.78 is 16.2. The number of allylic oxidation sites excluding steroid dienone is 4. The van der Waals surface area contributed by atoms with Gasteiger partial charge >= 0.3 is 0 Å². The van der Waals surface area contributed by atoms with Crippen LogP contribution < -0.4 is 0 Å². The second kappa shape index (κ2) is 14.2. The molecule has 3 aromatic heterocycles. The number of hydrogen-bond donors (Lipinski definition) is 0. The highest BCUT2D eigenvalue weighted by Crippen LogP contribution is 2.49. The van der Waals surface area contributed by atoms with Crippen LogP contribution in [-0.2, 0) is 0 Å². The van der Waals surface area contributed by atoms with Gasteiger partial charge in [0, 0.05) is 60.3 Å². The SMILES string of the molecule is C1=CCCC(c2cc(-c3cccc4c3oc3ccccc34)c3c(c2)c2cc(-c4ccccc4)cc(-c4cccc5c4oc4ccccc45)c2n3-c2ccc(-c3ccccc3)cc2)=C1. The van der Waals surface area contributed by atoms with Crippen LogP contribution in [0.2, 0.25) is 0 Å². The van der Waals surface area contributed by atoms with E-state index < -0.39 is 0 Å². The standard InChI is InChI=1S/C60H39NO2/c1-4-16-38(17-5-1)41-30-32-44(33-31-41)61-57-51(49-26-14-24-47-45-22-10-12-28-55(45)62-59(47)49)34-42(39-18-6-2-7-19-39)36-53(57)54-37-43(40-20-8-3-9-21-40)35-52(58(54)61)50-27-15-25-48-46-23-11-13-29-56(46)63-60(48)50/h1-8,10-20,22-37H,9,21H2. The number of hydrogen-bond acceptors (Lipinski definition) is 2. The maximum atomic E-state index is 6.86.